The summed E-state index contributed by atoms with van der Waals surface area (Å²) in [7, 11) is 0. The Morgan fingerprint density at radius 3 is 2.85 bits per heavy atom. The number of aromatic nitrogens is 4. The molecule has 0 radical (unpaired) electrons. The van der Waals surface area contributed by atoms with Crippen LogP contribution >= 0.6 is 23.1 Å². The normalized spacial score (nSPS) is 10.9. The van der Waals surface area contributed by atoms with E-state index in [4.69, 9.17) is 0 Å². The molecule has 0 spiro atoms. The van der Waals surface area contributed by atoms with Gasteiger partial charge >= 0.3 is 0 Å². The molecule has 3 aromatic rings. The smallest absolute Gasteiger partial charge is 0.196 e. The van der Waals surface area contributed by atoms with Crippen LogP contribution in [0.2, 0.25) is 0 Å². The molecule has 3 rings (SSSR count). The van der Waals surface area contributed by atoms with Crippen molar-refractivity contribution in [1.29, 1.82) is 0 Å². The Kier molecular flexibility index (Phi) is 3.84. The number of thiazole rings is 1. The van der Waals surface area contributed by atoms with Crippen molar-refractivity contribution in [3.63, 3.8) is 0 Å². The molecule has 0 fully saturated rings. The van der Waals surface area contributed by atoms with Gasteiger partial charge < -0.3 is 0 Å². The van der Waals surface area contributed by atoms with E-state index in [9.17, 15) is 0 Å². The van der Waals surface area contributed by atoms with Gasteiger partial charge in [0, 0.05) is 11.1 Å². The van der Waals surface area contributed by atoms with E-state index in [2.05, 4.69) is 39.6 Å². The highest BCUT2D eigenvalue weighted by Crippen LogP contribution is 2.25. The Labute approximate surface area is 125 Å². The largest absolute Gasteiger partial charge is 0.276 e. The van der Waals surface area contributed by atoms with Crippen LogP contribution < -0.4 is 0 Å². The van der Waals surface area contributed by atoms with Crippen LogP contribution in [0.5, 0.6) is 0 Å². The Balaban J connectivity index is 1.82. The average Bonchev–Trinajstić information content (AvgIpc) is 3.06. The first kappa shape index (κ1) is 13.3. The Bertz CT molecular complexity index is 717. The van der Waals surface area contributed by atoms with Gasteiger partial charge in [-0.05, 0) is 25.5 Å². The second-order valence-electron chi connectivity index (χ2n) is 4.42. The van der Waals surface area contributed by atoms with Crippen LogP contribution in [0.1, 0.15) is 16.3 Å². The minimum Gasteiger partial charge on any atom is -0.276 e. The van der Waals surface area contributed by atoms with Crippen molar-refractivity contribution in [2.45, 2.75) is 24.8 Å². The lowest BCUT2D eigenvalue weighted by Crippen LogP contribution is -1.97. The first-order valence-electron chi connectivity index (χ1n) is 6.24. The third-order valence-electron chi connectivity index (χ3n) is 2.91. The maximum atomic E-state index is 4.47. The maximum absolute atomic E-state index is 4.47. The van der Waals surface area contributed by atoms with Crippen molar-refractivity contribution in [2.24, 2.45) is 0 Å². The van der Waals surface area contributed by atoms with E-state index in [1.54, 1.807) is 29.4 Å². The molecule has 2 aromatic heterocycles. The lowest BCUT2D eigenvalue weighted by Gasteiger charge is -2.08. The van der Waals surface area contributed by atoms with Crippen molar-refractivity contribution in [3.8, 4) is 5.69 Å². The summed E-state index contributed by atoms with van der Waals surface area (Å²) >= 11 is 3.33. The zero-order chi connectivity index (χ0) is 13.9. The molecule has 0 saturated heterocycles. The predicted molar refractivity (Wildman–Crippen MR) is 82.5 cm³/mol. The lowest BCUT2D eigenvalue weighted by atomic mass is 10.2. The summed E-state index contributed by atoms with van der Waals surface area (Å²) in [5.74, 6) is 0.814. The predicted octanol–water partition coefficient (Wildman–Crippen LogP) is 3.63. The monoisotopic (exact) mass is 302 g/mol. The van der Waals surface area contributed by atoms with Crippen LogP contribution in [0.25, 0.3) is 5.69 Å². The van der Waals surface area contributed by atoms with Crippen molar-refractivity contribution < 1.29 is 0 Å². The molecule has 0 aliphatic carbocycles. The van der Waals surface area contributed by atoms with E-state index in [0.717, 1.165) is 27.3 Å². The highest BCUT2D eigenvalue weighted by molar-refractivity contribution is 7.98. The van der Waals surface area contributed by atoms with Crippen LogP contribution in [0.15, 0.2) is 41.1 Å². The number of nitrogens with zero attached hydrogens (tertiary/aromatic N) is 4. The van der Waals surface area contributed by atoms with Crippen molar-refractivity contribution >= 4 is 23.1 Å². The van der Waals surface area contributed by atoms with Gasteiger partial charge in [-0.1, -0.05) is 30.0 Å². The van der Waals surface area contributed by atoms with Gasteiger partial charge in [0.25, 0.3) is 0 Å². The van der Waals surface area contributed by atoms with Crippen LogP contribution in [-0.4, -0.2) is 19.7 Å². The van der Waals surface area contributed by atoms with E-state index in [1.165, 1.54) is 5.56 Å². The molecule has 0 atom stereocenters. The van der Waals surface area contributed by atoms with Gasteiger partial charge in [-0.15, -0.1) is 21.5 Å². The number of hydrogen-bond acceptors (Lipinski definition) is 5. The number of rotatable bonds is 4. The summed E-state index contributed by atoms with van der Waals surface area (Å²) in [6.07, 6.45) is 1.76. The summed E-state index contributed by atoms with van der Waals surface area (Å²) in [5, 5.41) is 12.3. The molecule has 20 heavy (non-hydrogen) atoms. The van der Waals surface area contributed by atoms with Gasteiger partial charge in [0.2, 0.25) is 0 Å². The summed E-state index contributed by atoms with van der Waals surface area (Å²) in [5.41, 5.74) is 3.42. The molecular formula is C14H14N4S2. The molecule has 0 N–H and O–H groups in total. The number of hydrogen-bond donors (Lipinski definition) is 0. The van der Waals surface area contributed by atoms with E-state index in [-0.39, 0.29) is 0 Å². The molecule has 6 heteroatoms. The van der Waals surface area contributed by atoms with Crippen LogP contribution in [0.3, 0.4) is 0 Å². The van der Waals surface area contributed by atoms with E-state index < -0.39 is 0 Å². The van der Waals surface area contributed by atoms with E-state index >= 15 is 0 Å². The molecule has 102 valence electrons. The zero-order valence-electron chi connectivity index (χ0n) is 11.3. The Hall–Kier alpha value is -1.66. The Morgan fingerprint density at radius 1 is 1.25 bits per heavy atom. The first-order valence-corrected chi connectivity index (χ1v) is 8.10. The standard InChI is InChI=1S/C14H14N4S2/c1-10-5-3-4-6-13(10)18-9-15-17-14(18)20-8-12-7-19-11(2)16-12/h3-7,9H,8H2,1-2H3. The fraction of sp³-hybridized carbons (Fsp3) is 0.214. The van der Waals surface area contributed by atoms with Gasteiger partial charge in [0.1, 0.15) is 6.33 Å². The molecule has 0 aliphatic rings. The third-order valence-corrected chi connectivity index (χ3v) is 4.71. The summed E-state index contributed by atoms with van der Waals surface area (Å²) in [6.45, 7) is 4.11. The average molecular weight is 302 g/mol. The molecule has 0 unspecified atom stereocenters. The van der Waals surface area contributed by atoms with Crippen molar-refractivity contribution in [1.82, 2.24) is 19.7 Å². The number of para-hydroxylation sites is 1. The molecule has 1 aromatic carbocycles. The minimum atomic E-state index is 0.814. The lowest BCUT2D eigenvalue weighted by molar-refractivity contribution is 0.877. The topological polar surface area (TPSA) is 43.6 Å². The summed E-state index contributed by atoms with van der Waals surface area (Å²) < 4.78 is 2.03. The zero-order valence-corrected chi connectivity index (χ0v) is 12.9. The van der Waals surface area contributed by atoms with Crippen molar-refractivity contribution in [2.75, 3.05) is 0 Å². The second kappa shape index (κ2) is 5.76. The minimum absolute atomic E-state index is 0.814. The van der Waals surface area contributed by atoms with Gasteiger partial charge in [0.05, 0.1) is 16.4 Å². The van der Waals surface area contributed by atoms with E-state index in [1.807, 2.05) is 23.6 Å². The highest BCUT2D eigenvalue weighted by atomic mass is 32.2. The second-order valence-corrected chi connectivity index (χ2v) is 6.42. The molecular weight excluding hydrogens is 288 g/mol. The molecule has 0 saturated carbocycles. The van der Waals surface area contributed by atoms with Crippen LogP contribution in [0.4, 0.5) is 0 Å². The van der Waals surface area contributed by atoms with E-state index in [0.29, 0.717) is 0 Å². The van der Waals surface area contributed by atoms with Crippen LogP contribution in [0, 0.1) is 13.8 Å². The van der Waals surface area contributed by atoms with Crippen molar-refractivity contribution in [3.05, 3.63) is 52.2 Å². The number of thioether (sulfide) groups is 1. The fourth-order valence-corrected chi connectivity index (χ4v) is 3.47. The molecule has 0 aliphatic heterocycles. The van der Waals surface area contributed by atoms with Gasteiger partial charge in [-0.25, -0.2) is 4.98 Å². The summed E-state index contributed by atoms with van der Waals surface area (Å²) in [4.78, 5) is 4.47. The van der Waals surface area contributed by atoms with Gasteiger partial charge in [-0.2, -0.15) is 0 Å². The Morgan fingerprint density at radius 2 is 2.10 bits per heavy atom. The molecule has 0 bridgehead atoms. The quantitative estimate of drug-likeness (QED) is 0.690. The van der Waals surface area contributed by atoms with Crippen LogP contribution in [-0.2, 0) is 5.75 Å². The maximum Gasteiger partial charge on any atom is 0.196 e. The molecule has 4 nitrogen and oxygen atoms in total. The first-order chi connectivity index (χ1) is 9.74. The fourth-order valence-electron chi connectivity index (χ4n) is 1.93. The van der Waals surface area contributed by atoms with Gasteiger partial charge in [-0.3, -0.25) is 4.57 Å². The van der Waals surface area contributed by atoms with Gasteiger partial charge in [0.15, 0.2) is 5.16 Å². The summed E-state index contributed by atoms with van der Waals surface area (Å²) in [6, 6.07) is 8.23. The molecule has 2 heterocycles. The molecule has 0 amide bonds. The SMILES string of the molecule is Cc1nc(CSc2nncn2-c2ccccc2C)cs1. The third kappa shape index (κ3) is 2.76. The number of aryl methyl sites for hydroxylation is 2. The number of benzene rings is 1. The highest BCUT2D eigenvalue weighted by Gasteiger charge is 2.10.